The van der Waals surface area contributed by atoms with Crippen LogP contribution in [-0.4, -0.2) is 6.54 Å². The molecule has 0 unspecified atom stereocenters. The van der Waals surface area contributed by atoms with Crippen molar-refractivity contribution in [2.75, 3.05) is 6.54 Å². The molecule has 1 aromatic rings. The monoisotopic (exact) mass is 213 g/mol. The molecule has 0 spiro atoms. The van der Waals surface area contributed by atoms with Gasteiger partial charge in [0, 0.05) is 10.9 Å². The van der Waals surface area contributed by atoms with Gasteiger partial charge in [-0.1, -0.05) is 17.5 Å². The largest absolute Gasteiger partial charge is 0.299 e. The van der Waals surface area contributed by atoms with Crippen LogP contribution in [0.3, 0.4) is 0 Å². The Labute approximate surface area is 88.1 Å². The molecule has 0 fully saturated rings. The molecule has 0 amide bonds. The molecule has 0 bridgehead atoms. The topological polar surface area (TPSA) is 12.0 Å². The number of nitrogens with one attached hydrogen (secondary N) is 1. The zero-order valence-electron chi connectivity index (χ0n) is 7.73. The van der Waals surface area contributed by atoms with Crippen molar-refractivity contribution in [2.24, 2.45) is 0 Å². The first-order chi connectivity index (χ1) is 6.24. The van der Waals surface area contributed by atoms with E-state index < -0.39 is 0 Å². The second kappa shape index (κ2) is 5.29. The van der Waals surface area contributed by atoms with Crippen molar-refractivity contribution in [3.63, 3.8) is 0 Å². The molecule has 1 heterocycles. The minimum atomic E-state index is 0.332. The predicted molar refractivity (Wildman–Crippen MR) is 59.2 cm³/mol. The van der Waals surface area contributed by atoms with Gasteiger partial charge in [-0.2, -0.15) is 0 Å². The van der Waals surface area contributed by atoms with E-state index in [2.05, 4.69) is 24.1 Å². The molecule has 0 saturated carbocycles. The van der Waals surface area contributed by atoms with Crippen LogP contribution in [0.15, 0.2) is 12.1 Å². The molecule has 0 aromatic carbocycles. The van der Waals surface area contributed by atoms with Crippen molar-refractivity contribution in [1.29, 1.82) is 0 Å². The number of rotatable bonds is 3. The molecule has 0 saturated heterocycles. The van der Waals surface area contributed by atoms with Gasteiger partial charge in [0.15, 0.2) is 0 Å². The van der Waals surface area contributed by atoms with E-state index in [0.29, 0.717) is 6.04 Å². The highest BCUT2D eigenvalue weighted by molar-refractivity contribution is 7.16. The van der Waals surface area contributed by atoms with E-state index in [-0.39, 0.29) is 0 Å². The lowest BCUT2D eigenvalue weighted by molar-refractivity contribution is 0.633. The molecule has 70 valence electrons. The highest BCUT2D eigenvalue weighted by Gasteiger charge is 2.05. The second-order valence-corrected chi connectivity index (χ2v) is 4.42. The molecule has 0 aliphatic carbocycles. The Bertz CT molecular complexity index is 321. The van der Waals surface area contributed by atoms with Crippen LogP contribution >= 0.6 is 22.9 Å². The third-order valence-electron chi connectivity index (χ3n) is 1.69. The van der Waals surface area contributed by atoms with Crippen LogP contribution in [0.2, 0.25) is 4.34 Å². The fraction of sp³-hybridized carbons (Fsp3) is 0.400. The number of halogens is 1. The van der Waals surface area contributed by atoms with E-state index in [0.717, 1.165) is 10.9 Å². The first-order valence-corrected chi connectivity index (χ1v) is 5.31. The average Bonchev–Trinajstić information content (AvgIpc) is 2.52. The average molecular weight is 214 g/mol. The Morgan fingerprint density at radius 1 is 1.62 bits per heavy atom. The van der Waals surface area contributed by atoms with Crippen LogP contribution in [0.1, 0.15) is 24.8 Å². The summed E-state index contributed by atoms with van der Waals surface area (Å²) in [5.41, 5.74) is 0. The zero-order chi connectivity index (χ0) is 9.68. The summed E-state index contributed by atoms with van der Waals surface area (Å²) in [6, 6.07) is 4.30. The molecule has 13 heavy (non-hydrogen) atoms. The summed E-state index contributed by atoms with van der Waals surface area (Å²) in [5.74, 6) is 5.81. The standard InChI is InChI=1S/C10H12ClNS/c1-3-4-7-12-8(2)9-5-6-10(11)13-9/h5-6,8,12H,7H2,1-2H3/t8-/m1/s1. The molecule has 1 atom stereocenters. The lowest BCUT2D eigenvalue weighted by atomic mass is 10.3. The van der Waals surface area contributed by atoms with E-state index >= 15 is 0 Å². The Morgan fingerprint density at radius 3 is 2.92 bits per heavy atom. The third kappa shape index (κ3) is 3.40. The fourth-order valence-electron chi connectivity index (χ4n) is 0.954. The maximum absolute atomic E-state index is 5.83. The quantitative estimate of drug-likeness (QED) is 0.761. The van der Waals surface area contributed by atoms with Gasteiger partial charge in [0.05, 0.1) is 10.9 Å². The first-order valence-electron chi connectivity index (χ1n) is 4.12. The van der Waals surface area contributed by atoms with Gasteiger partial charge >= 0.3 is 0 Å². The molecule has 1 nitrogen and oxygen atoms in total. The summed E-state index contributed by atoms with van der Waals surface area (Å²) in [7, 11) is 0. The van der Waals surface area contributed by atoms with E-state index in [1.165, 1.54) is 4.88 Å². The lowest BCUT2D eigenvalue weighted by Gasteiger charge is -2.08. The number of thiophene rings is 1. The van der Waals surface area contributed by atoms with Crippen LogP contribution < -0.4 is 5.32 Å². The van der Waals surface area contributed by atoms with Gasteiger partial charge in [0.2, 0.25) is 0 Å². The highest BCUT2D eigenvalue weighted by atomic mass is 35.5. The third-order valence-corrected chi connectivity index (χ3v) is 3.11. The SMILES string of the molecule is CC#CCN[C@H](C)c1ccc(Cl)s1. The van der Waals surface area contributed by atoms with Crippen molar-refractivity contribution in [3.8, 4) is 11.8 Å². The van der Waals surface area contributed by atoms with Crippen molar-refractivity contribution < 1.29 is 0 Å². The number of hydrogen-bond acceptors (Lipinski definition) is 2. The maximum Gasteiger partial charge on any atom is 0.0931 e. The van der Waals surface area contributed by atoms with Crippen LogP contribution in [0.25, 0.3) is 0 Å². The maximum atomic E-state index is 5.83. The molecule has 0 aliphatic rings. The Morgan fingerprint density at radius 2 is 2.38 bits per heavy atom. The summed E-state index contributed by atoms with van der Waals surface area (Å²) < 4.78 is 0.838. The van der Waals surface area contributed by atoms with Gasteiger partial charge in [-0.3, -0.25) is 5.32 Å². The van der Waals surface area contributed by atoms with Gasteiger partial charge in [0.25, 0.3) is 0 Å². The molecule has 1 N–H and O–H groups in total. The smallest absolute Gasteiger partial charge is 0.0931 e. The van der Waals surface area contributed by atoms with Crippen LogP contribution in [-0.2, 0) is 0 Å². The summed E-state index contributed by atoms with van der Waals surface area (Å²) >= 11 is 7.44. The molecular formula is C10H12ClNS. The molecule has 3 heteroatoms. The van der Waals surface area contributed by atoms with E-state index in [4.69, 9.17) is 11.6 Å². The van der Waals surface area contributed by atoms with Gasteiger partial charge in [-0.05, 0) is 26.0 Å². The molecule has 1 rings (SSSR count). The first kappa shape index (κ1) is 10.6. The lowest BCUT2D eigenvalue weighted by Crippen LogP contribution is -2.17. The Kier molecular flexibility index (Phi) is 4.31. The fourth-order valence-corrected chi connectivity index (χ4v) is 2.04. The van der Waals surface area contributed by atoms with Gasteiger partial charge in [0.1, 0.15) is 0 Å². The van der Waals surface area contributed by atoms with Crippen LogP contribution in [0.4, 0.5) is 0 Å². The summed E-state index contributed by atoms with van der Waals surface area (Å²) in [5, 5.41) is 3.29. The molecule has 0 aliphatic heterocycles. The molecular weight excluding hydrogens is 202 g/mol. The minimum absolute atomic E-state index is 0.332. The van der Waals surface area contributed by atoms with Crippen molar-refractivity contribution in [2.45, 2.75) is 19.9 Å². The van der Waals surface area contributed by atoms with Crippen LogP contribution in [0, 0.1) is 11.8 Å². The van der Waals surface area contributed by atoms with E-state index in [1.807, 2.05) is 19.1 Å². The summed E-state index contributed by atoms with van der Waals surface area (Å²) in [4.78, 5) is 1.25. The Hall–Kier alpha value is -0.490. The zero-order valence-corrected chi connectivity index (χ0v) is 9.30. The predicted octanol–water partition coefficient (Wildman–Crippen LogP) is 3.08. The summed E-state index contributed by atoms with van der Waals surface area (Å²) in [6.45, 7) is 4.68. The van der Waals surface area contributed by atoms with E-state index in [1.54, 1.807) is 11.3 Å². The second-order valence-electron chi connectivity index (χ2n) is 2.67. The highest BCUT2D eigenvalue weighted by Crippen LogP contribution is 2.26. The van der Waals surface area contributed by atoms with Gasteiger partial charge < -0.3 is 0 Å². The van der Waals surface area contributed by atoms with Crippen molar-refractivity contribution in [3.05, 3.63) is 21.3 Å². The molecule has 1 aromatic heterocycles. The Balaban J connectivity index is 2.47. The summed E-state index contributed by atoms with van der Waals surface area (Å²) in [6.07, 6.45) is 0. The van der Waals surface area contributed by atoms with E-state index in [9.17, 15) is 0 Å². The molecule has 0 radical (unpaired) electrons. The normalized spacial score (nSPS) is 11.9. The van der Waals surface area contributed by atoms with Crippen molar-refractivity contribution in [1.82, 2.24) is 5.32 Å². The number of hydrogen-bond donors (Lipinski definition) is 1. The van der Waals surface area contributed by atoms with Crippen molar-refractivity contribution >= 4 is 22.9 Å². The van der Waals surface area contributed by atoms with Gasteiger partial charge in [-0.15, -0.1) is 17.3 Å². The van der Waals surface area contributed by atoms with Crippen LogP contribution in [0.5, 0.6) is 0 Å². The minimum Gasteiger partial charge on any atom is -0.299 e. The van der Waals surface area contributed by atoms with Gasteiger partial charge in [-0.25, -0.2) is 0 Å².